The molecule has 17 heavy (non-hydrogen) atoms. The highest BCUT2D eigenvalue weighted by Crippen LogP contribution is 2.27. The third kappa shape index (κ3) is 2.43. The summed E-state index contributed by atoms with van der Waals surface area (Å²) in [5.41, 5.74) is 2.64. The first kappa shape index (κ1) is 11.2. The predicted octanol–water partition coefficient (Wildman–Crippen LogP) is 3.36. The van der Waals surface area contributed by atoms with Crippen molar-refractivity contribution < 1.29 is 4.74 Å². The lowest BCUT2D eigenvalue weighted by molar-refractivity contribution is 0.456. The molecule has 0 spiro atoms. The van der Waals surface area contributed by atoms with Crippen molar-refractivity contribution >= 4 is 0 Å². The van der Waals surface area contributed by atoms with E-state index in [0.717, 1.165) is 16.9 Å². The van der Waals surface area contributed by atoms with E-state index in [1.165, 1.54) is 0 Å². The minimum Gasteiger partial charge on any atom is -0.438 e. The first-order chi connectivity index (χ1) is 8.20. The zero-order valence-corrected chi connectivity index (χ0v) is 9.77. The highest BCUT2D eigenvalue weighted by molar-refractivity contribution is 5.42. The fourth-order valence-corrected chi connectivity index (χ4v) is 1.60. The van der Waals surface area contributed by atoms with Gasteiger partial charge in [0.2, 0.25) is 5.88 Å². The molecule has 0 saturated heterocycles. The molecule has 84 valence electrons. The molecule has 0 radical (unpaired) electrons. The summed E-state index contributed by atoms with van der Waals surface area (Å²) in [6.45, 7) is 3.97. The fourth-order valence-electron chi connectivity index (χ4n) is 1.60. The van der Waals surface area contributed by atoms with Gasteiger partial charge < -0.3 is 4.74 Å². The zero-order chi connectivity index (χ0) is 12.3. The van der Waals surface area contributed by atoms with Gasteiger partial charge in [0.15, 0.2) is 0 Å². The summed E-state index contributed by atoms with van der Waals surface area (Å²) in [6, 6.07) is 11.3. The summed E-state index contributed by atoms with van der Waals surface area (Å²) in [4.78, 5) is 4.09. The van der Waals surface area contributed by atoms with Crippen LogP contribution in [0.3, 0.4) is 0 Å². The van der Waals surface area contributed by atoms with Crippen LogP contribution in [0, 0.1) is 25.2 Å². The van der Waals surface area contributed by atoms with Crippen LogP contribution in [0.4, 0.5) is 0 Å². The van der Waals surface area contributed by atoms with Gasteiger partial charge in [-0.25, -0.2) is 4.98 Å². The number of pyridine rings is 1. The summed E-state index contributed by atoms with van der Waals surface area (Å²) in [5.74, 6) is 1.25. The maximum absolute atomic E-state index is 8.80. The van der Waals surface area contributed by atoms with E-state index in [1.54, 1.807) is 18.3 Å². The molecule has 1 heterocycles. The number of hydrogen-bond donors (Lipinski definition) is 0. The maximum Gasteiger partial charge on any atom is 0.220 e. The van der Waals surface area contributed by atoms with Crippen molar-refractivity contribution in [2.75, 3.05) is 0 Å². The minimum atomic E-state index is 0.446. The molecule has 0 aliphatic carbocycles. The Labute approximate surface area is 100 Å². The second-order valence-electron chi connectivity index (χ2n) is 3.82. The lowest BCUT2D eigenvalue weighted by Gasteiger charge is -2.10. The van der Waals surface area contributed by atoms with Crippen LogP contribution in [0.25, 0.3) is 0 Å². The SMILES string of the molecule is Cc1cccc(C)c1Oc1cc(C#N)ccn1. The highest BCUT2D eigenvalue weighted by atomic mass is 16.5. The minimum absolute atomic E-state index is 0.446. The number of nitriles is 1. The number of rotatable bonds is 2. The van der Waals surface area contributed by atoms with Crippen LogP contribution in [0.2, 0.25) is 0 Å². The van der Waals surface area contributed by atoms with E-state index in [1.807, 2.05) is 32.0 Å². The molecule has 0 aliphatic heterocycles. The van der Waals surface area contributed by atoms with Gasteiger partial charge in [-0.3, -0.25) is 0 Å². The summed E-state index contributed by atoms with van der Waals surface area (Å²) >= 11 is 0. The molecule has 1 aromatic carbocycles. The Bertz CT molecular complexity index is 565. The van der Waals surface area contributed by atoms with E-state index >= 15 is 0 Å². The van der Waals surface area contributed by atoms with Gasteiger partial charge in [-0.1, -0.05) is 18.2 Å². The molecule has 3 heteroatoms. The Hall–Kier alpha value is -2.34. The van der Waals surface area contributed by atoms with Crippen LogP contribution in [0.15, 0.2) is 36.5 Å². The van der Waals surface area contributed by atoms with Gasteiger partial charge in [-0.2, -0.15) is 5.26 Å². The predicted molar refractivity (Wildman–Crippen MR) is 64.9 cm³/mol. The molecule has 2 aromatic rings. The van der Waals surface area contributed by atoms with Gasteiger partial charge in [0, 0.05) is 12.3 Å². The molecule has 1 aromatic heterocycles. The highest BCUT2D eigenvalue weighted by Gasteiger charge is 2.06. The van der Waals surface area contributed by atoms with Crippen LogP contribution in [0.5, 0.6) is 11.6 Å². The number of hydrogen-bond acceptors (Lipinski definition) is 3. The monoisotopic (exact) mass is 224 g/mol. The van der Waals surface area contributed by atoms with Crippen molar-refractivity contribution in [3.63, 3.8) is 0 Å². The van der Waals surface area contributed by atoms with Crippen molar-refractivity contribution in [2.24, 2.45) is 0 Å². The second-order valence-corrected chi connectivity index (χ2v) is 3.82. The summed E-state index contributed by atoms with van der Waals surface area (Å²) < 4.78 is 5.72. The number of para-hydroxylation sites is 1. The molecular weight excluding hydrogens is 212 g/mol. The van der Waals surface area contributed by atoms with Crippen molar-refractivity contribution in [3.05, 3.63) is 53.2 Å². The van der Waals surface area contributed by atoms with Crippen LogP contribution in [-0.4, -0.2) is 4.98 Å². The molecule has 0 unspecified atom stereocenters. The lowest BCUT2D eigenvalue weighted by atomic mass is 10.1. The van der Waals surface area contributed by atoms with Crippen LogP contribution >= 0.6 is 0 Å². The molecule has 0 atom stereocenters. The van der Waals surface area contributed by atoms with Gasteiger partial charge in [0.05, 0.1) is 11.6 Å². The van der Waals surface area contributed by atoms with Gasteiger partial charge >= 0.3 is 0 Å². The Morgan fingerprint density at radius 3 is 2.53 bits per heavy atom. The molecule has 0 bridgehead atoms. The summed E-state index contributed by atoms with van der Waals surface area (Å²) in [6.07, 6.45) is 1.57. The molecular formula is C14H12N2O. The molecule has 0 amide bonds. The summed E-state index contributed by atoms with van der Waals surface area (Å²) in [5, 5.41) is 8.80. The number of nitrogens with zero attached hydrogens (tertiary/aromatic N) is 2. The number of aromatic nitrogens is 1. The molecule has 0 aliphatic rings. The largest absolute Gasteiger partial charge is 0.438 e. The molecule has 0 N–H and O–H groups in total. The lowest BCUT2D eigenvalue weighted by Crippen LogP contribution is -1.93. The number of ether oxygens (including phenoxy) is 1. The van der Waals surface area contributed by atoms with Crippen molar-refractivity contribution in [2.45, 2.75) is 13.8 Å². The first-order valence-corrected chi connectivity index (χ1v) is 5.31. The van der Waals surface area contributed by atoms with Crippen LogP contribution in [0.1, 0.15) is 16.7 Å². The topological polar surface area (TPSA) is 45.9 Å². The maximum atomic E-state index is 8.80. The first-order valence-electron chi connectivity index (χ1n) is 5.31. The van der Waals surface area contributed by atoms with E-state index in [-0.39, 0.29) is 0 Å². The average molecular weight is 224 g/mol. The van der Waals surface area contributed by atoms with E-state index in [0.29, 0.717) is 11.4 Å². The van der Waals surface area contributed by atoms with Crippen molar-refractivity contribution in [1.82, 2.24) is 4.98 Å². The smallest absolute Gasteiger partial charge is 0.220 e. The Kier molecular flexibility index (Phi) is 3.06. The van der Waals surface area contributed by atoms with Gasteiger partial charge in [-0.05, 0) is 31.0 Å². The average Bonchev–Trinajstić information content (AvgIpc) is 2.34. The second kappa shape index (κ2) is 4.67. The Morgan fingerprint density at radius 2 is 1.88 bits per heavy atom. The van der Waals surface area contributed by atoms with Crippen LogP contribution < -0.4 is 4.74 Å². The zero-order valence-electron chi connectivity index (χ0n) is 9.77. The van der Waals surface area contributed by atoms with Gasteiger partial charge in [0.25, 0.3) is 0 Å². The quantitative estimate of drug-likeness (QED) is 0.785. The van der Waals surface area contributed by atoms with E-state index in [4.69, 9.17) is 10.00 Å². The van der Waals surface area contributed by atoms with Crippen molar-refractivity contribution in [3.8, 4) is 17.7 Å². The number of benzene rings is 1. The third-order valence-corrected chi connectivity index (χ3v) is 2.48. The van der Waals surface area contributed by atoms with E-state index in [2.05, 4.69) is 11.1 Å². The molecule has 2 rings (SSSR count). The molecule has 3 nitrogen and oxygen atoms in total. The van der Waals surface area contributed by atoms with Crippen LogP contribution in [-0.2, 0) is 0 Å². The molecule has 0 fully saturated rings. The Balaban J connectivity index is 2.35. The van der Waals surface area contributed by atoms with Crippen molar-refractivity contribution in [1.29, 1.82) is 5.26 Å². The number of aryl methyl sites for hydroxylation is 2. The normalized spacial score (nSPS) is 9.71. The molecule has 0 saturated carbocycles. The third-order valence-electron chi connectivity index (χ3n) is 2.48. The fraction of sp³-hybridized carbons (Fsp3) is 0.143. The van der Waals surface area contributed by atoms with E-state index < -0.39 is 0 Å². The standard InChI is InChI=1S/C14H12N2O/c1-10-4-3-5-11(2)14(10)17-13-8-12(9-15)6-7-16-13/h3-8H,1-2H3. The van der Waals surface area contributed by atoms with E-state index in [9.17, 15) is 0 Å². The summed E-state index contributed by atoms with van der Waals surface area (Å²) in [7, 11) is 0. The Morgan fingerprint density at radius 1 is 1.18 bits per heavy atom. The van der Waals surface area contributed by atoms with Gasteiger partial charge in [0.1, 0.15) is 5.75 Å². The van der Waals surface area contributed by atoms with Gasteiger partial charge in [-0.15, -0.1) is 0 Å².